The minimum atomic E-state index is 0.0360. The largest absolute Gasteiger partial charge is 0.368 e. The van der Waals surface area contributed by atoms with Gasteiger partial charge in [-0.3, -0.25) is 0 Å². The Balaban J connectivity index is 1.96. The fraction of sp³-hybridized carbons (Fsp3) is 0. The fourth-order valence-corrected chi connectivity index (χ4v) is 1.96. The molecule has 0 amide bonds. The van der Waals surface area contributed by atoms with Gasteiger partial charge < -0.3 is 11.1 Å². The van der Waals surface area contributed by atoms with Crippen LogP contribution in [0.25, 0.3) is 11.5 Å². The second kappa shape index (κ2) is 6.21. The average molecular weight is 325 g/mol. The van der Waals surface area contributed by atoms with Crippen molar-refractivity contribution in [3.63, 3.8) is 0 Å². The third kappa shape index (κ3) is 3.48. The molecule has 3 aromatic heterocycles. The van der Waals surface area contributed by atoms with E-state index in [1.165, 1.54) is 6.20 Å². The summed E-state index contributed by atoms with van der Waals surface area (Å²) in [6.45, 7) is 0. The molecule has 8 nitrogen and oxygen atoms in total. The van der Waals surface area contributed by atoms with Crippen molar-refractivity contribution in [3.05, 3.63) is 47.4 Å². The van der Waals surface area contributed by atoms with Crippen LogP contribution >= 0.6 is 11.6 Å². The van der Waals surface area contributed by atoms with Crippen molar-refractivity contribution in [1.82, 2.24) is 24.9 Å². The van der Waals surface area contributed by atoms with Crippen LogP contribution in [0.2, 0.25) is 5.15 Å². The number of halogens is 1. The van der Waals surface area contributed by atoms with Crippen molar-refractivity contribution in [2.24, 2.45) is 0 Å². The molecule has 3 aromatic rings. The Bertz CT molecular complexity index is 905. The van der Waals surface area contributed by atoms with Crippen molar-refractivity contribution in [1.29, 1.82) is 5.26 Å². The molecule has 0 radical (unpaired) electrons. The first kappa shape index (κ1) is 14.6. The number of nitrogens with zero attached hydrogens (tertiary/aromatic N) is 6. The third-order valence-electron chi connectivity index (χ3n) is 2.73. The molecule has 9 heteroatoms. The van der Waals surface area contributed by atoms with Gasteiger partial charge in [0.25, 0.3) is 0 Å². The second-order valence-corrected chi connectivity index (χ2v) is 4.74. The van der Waals surface area contributed by atoms with Crippen molar-refractivity contribution < 1.29 is 0 Å². The van der Waals surface area contributed by atoms with E-state index in [1.807, 2.05) is 6.07 Å². The normalized spacial score (nSPS) is 10.1. The van der Waals surface area contributed by atoms with Gasteiger partial charge in [0.15, 0.2) is 5.82 Å². The zero-order valence-electron chi connectivity index (χ0n) is 11.6. The molecule has 3 N–H and O–H groups in total. The van der Waals surface area contributed by atoms with Crippen molar-refractivity contribution >= 4 is 29.2 Å². The molecular formula is C14H9ClN8. The van der Waals surface area contributed by atoms with E-state index in [0.29, 0.717) is 16.5 Å². The highest BCUT2D eigenvalue weighted by Gasteiger charge is 2.09. The number of aromatic nitrogens is 5. The summed E-state index contributed by atoms with van der Waals surface area (Å²) in [4.78, 5) is 20.3. The molecule has 3 heterocycles. The maximum Gasteiger partial charge on any atom is 0.232 e. The predicted molar refractivity (Wildman–Crippen MR) is 84.7 cm³/mol. The zero-order chi connectivity index (χ0) is 16.2. The van der Waals surface area contributed by atoms with Gasteiger partial charge in [-0.15, -0.1) is 0 Å². The Labute approximate surface area is 136 Å². The lowest BCUT2D eigenvalue weighted by molar-refractivity contribution is 1.06. The SMILES string of the molecule is N#Cc1cc(Nc2nc(N)nc(-c3cccc(Cl)n3)n2)ccn1. The van der Waals surface area contributed by atoms with Crippen molar-refractivity contribution in [2.45, 2.75) is 0 Å². The molecule has 0 fully saturated rings. The smallest absolute Gasteiger partial charge is 0.232 e. The maximum absolute atomic E-state index is 8.87. The fourth-order valence-electron chi connectivity index (χ4n) is 1.79. The van der Waals surface area contributed by atoms with Crippen LogP contribution in [0.1, 0.15) is 5.69 Å². The topological polar surface area (TPSA) is 126 Å². The molecule has 0 aliphatic heterocycles. The van der Waals surface area contributed by atoms with Gasteiger partial charge in [-0.1, -0.05) is 17.7 Å². The lowest BCUT2D eigenvalue weighted by atomic mass is 10.3. The Morgan fingerprint density at radius 1 is 1.13 bits per heavy atom. The summed E-state index contributed by atoms with van der Waals surface area (Å²) in [7, 11) is 0. The number of nitriles is 1. The Kier molecular flexibility index (Phi) is 3.95. The van der Waals surface area contributed by atoms with Crippen LogP contribution in [0.5, 0.6) is 0 Å². The monoisotopic (exact) mass is 324 g/mol. The van der Waals surface area contributed by atoms with Crippen LogP contribution in [0.15, 0.2) is 36.5 Å². The quantitative estimate of drug-likeness (QED) is 0.702. The standard InChI is InChI=1S/C14H9ClN8/c15-11-3-1-2-10(20-11)12-21-13(17)23-14(22-12)19-8-4-5-18-9(6-8)7-16/h1-6H,(H3,17,18,19,21,22,23). The number of nitrogens with one attached hydrogen (secondary N) is 1. The van der Waals surface area contributed by atoms with Gasteiger partial charge >= 0.3 is 0 Å². The second-order valence-electron chi connectivity index (χ2n) is 4.35. The molecule has 112 valence electrons. The van der Waals surface area contributed by atoms with Gasteiger partial charge in [0, 0.05) is 11.9 Å². The minimum Gasteiger partial charge on any atom is -0.368 e. The number of pyridine rings is 2. The van der Waals surface area contributed by atoms with Crippen molar-refractivity contribution in [3.8, 4) is 17.6 Å². The predicted octanol–water partition coefficient (Wildman–Crippen LogP) is 2.18. The number of hydrogen-bond acceptors (Lipinski definition) is 8. The number of nitrogen functional groups attached to an aromatic ring is 1. The summed E-state index contributed by atoms with van der Waals surface area (Å²) < 4.78 is 0. The summed E-state index contributed by atoms with van der Waals surface area (Å²) in [5.41, 5.74) is 7.07. The molecule has 0 aliphatic carbocycles. The number of rotatable bonds is 3. The lowest BCUT2D eigenvalue weighted by Crippen LogP contribution is -2.05. The van der Waals surface area contributed by atoms with E-state index >= 15 is 0 Å². The Hall–Kier alpha value is -3.31. The lowest BCUT2D eigenvalue weighted by Gasteiger charge is -2.07. The summed E-state index contributed by atoms with van der Waals surface area (Å²) in [5.74, 6) is 0.551. The van der Waals surface area contributed by atoms with Crippen LogP contribution < -0.4 is 11.1 Å². The molecule has 0 saturated heterocycles. The van der Waals surface area contributed by atoms with Gasteiger partial charge in [-0.25, -0.2) is 9.97 Å². The summed E-state index contributed by atoms with van der Waals surface area (Å²) in [5, 5.41) is 12.1. The van der Waals surface area contributed by atoms with E-state index in [1.54, 1.807) is 30.3 Å². The van der Waals surface area contributed by atoms with E-state index < -0.39 is 0 Å². The molecule has 0 spiro atoms. The highest BCUT2D eigenvalue weighted by Crippen LogP contribution is 2.19. The molecule has 0 bridgehead atoms. The van der Waals surface area contributed by atoms with Crippen LogP contribution in [-0.2, 0) is 0 Å². The zero-order valence-corrected chi connectivity index (χ0v) is 12.4. The van der Waals surface area contributed by atoms with E-state index in [4.69, 9.17) is 22.6 Å². The Morgan fingerprint density at radius 2 is 2.00 bits per heavy atom. The van der Waals surface area contributed by atoms with Gasteiger partial charge in [0.05, 0.1) is 0 Å². The molecule has 0 atom stereocenters. The number of hydrogen-bond donors (Lipinski definition) is 2. The van der Waals surface area contributed by atoms with Crippen LogP contribution in [-0.4, -0.2) is 24.9 Å². The first-order valence-electron chi connectivity index (χ1n) is 6.42. The summed E-state index contributed by atoms with van der Waals surface area (Å²) >= 11 is 5.87. The van der Waals surface area contributed by atoms with E-state index in [2.05, 4.69) is 30.2 Å². The van der Waals surface area contributed by atoms with Crippen LogP contribution in [0.4, 0.5) is 17.6 Å². The van der Waals surface area contributed by atoms with Crippen LogP contribution in [0.3, 0.4) is 0 Å². The van der Waals surface area contributed by atoms with E-state index in [-0.39, 0.29) is 23.4 Å². The van der Waals surface area contributed by atoms with Gasteiger partial charge in [-0.05, 0) is 24.3 Å². The Morgan fingerprint density at radius 3 is 2.78 bits per heavy atom. The number of anilines is 3. The first-order valence-corrected chi connectivity index (χ1v) is 6.79. The van der Waals surface area contributed by atoms with Crippen LogP contribution in [0, 0.1) is 11.3 Å². The van der Waals surface area contributed by atoms with Crippen molar-refractivity contribution in [2.75, 3.05) is 11.1 Å². The number of nitrogens with two attached hydrogens (primary N) is 1. The molecule has 23 heavy (non-hydrogen) atoms. The summed E-state index contributed by atoms with van der Waals surface area (Å²) in [6.07, 6.45) is 1.50. The van der Waals surface area contributed by atoms with Gasteiger partial charge in [0.2, 0.25) is 11.9 Å². The first-order chi connectivity index (χ1) is 11.1. The molecular weight excluding hydrogens is 316 g/mol. The molecule has 3 rings (SSSR count). The molecule has 0 aromatic carbocycles. The van der Waals surface area contributed by atoms with E-state index in [0.717, 1.165) is 0 Å². The average Bonchev–Trinajstić information content (AvgIpc) is 2.54. The third-order valence-corrected chi connectivity index (χ3v) is 2.94. The van der Waals surface area contributed by atoms with Gasteiger partial charge in [0.1, 0.15) is 22.6 Å². The molecule has 0 saturated carbocycles. The van der Waals surface area contributed by atoms with E-state index in [9.17, 15) is 0 Å². The molecule has 0 unspecified atom stereocenters. The highest BCUT2D eigenvalue weighted by molar-refractivity contribution is 6.29. The maximum atomic E-state index is 8.87. The molecule has 0 aliphatic rings. The van der Waals surface area contributed by atoms with Gasteiger partial charge in [-0.2, -0.15) is 20.2 Å². The minimum absolute atomic E-state index is 0.0360. The summed E-state index contributed by atoms with van der Waals surface area (Å²) in [6, 6.07) is 10.3. The highest BCUT2D eigenvalue weighted by atomic mass is 35.5.